The van der Waals surface area contributed by atoms with E-state index in [1.165, 1.54) is 11.3 Å². The summed E-state index contributed by atoms with van der Waals surface area (Å²) in [4.78, 5) is 45.4. The Hall–Kier alpha value is -4.24. The average Bonchev–Trinajstić information content (AvgIpc) is 3.32. The van der Waals surface area contributed by atoms with Gasteiger partial charge >= 0.3 is 6.03 Å². The molecule has 2 heterocycles. The lowest BCUT2D eigenvalue weighted by atomic mass is 10.1. The summed E-state index contributed by atoms with van der Waals surface area (Å²) in [5.41, 5.74) is 3.66. The molecular formula is C24H19N5O3S. The first-order valence-corrected chi connectivity index (χ1v) is 11.0. The van der Waals surface area contributed by atoms with E-state index in [1.54, 1.807) is 42.5 Å². The third kappa shape index (κ3) is 3.79. The average molecular weight is 458 g/mol. The van der Waals surface area contributed by atoms with Crippen LogP contribution in [0.25, 0.3) is 10.2 Å². The molecule has 0 radical (unpaired) electrons. The van der Waals surface area contributed by atoms with Gasteiger partial charge < -0.3 is 15.5 Å². The molecule has 2 N–H and O–H groups in total. The highest BCUT2D eigenvalue weighted by molar-refractivity contribution is 7.22. The summed E-state index contributed by atoms with van der Waals surface area (Å²) in [6.07, 6.45) is 0. The first kappa shape index (κ1) is 20.7. The highest BCUT2D eigenvalue weighted by atomic mass is 32.1. The van der Waals surface area contributed by atoms with Gasteiger partial charge in [0.15, 0.2) is 0 Å². The number of amides is 4. The number of nitrogens with zero attached hydrogens (tertiary/aromatic N) is 3. The molecule has 0 bridgehead atoms. The zero-order chi connectivity index (χ0) is 23.1. The van der Waals surface area contributed by atoms with Gasteiger partial charge in [-0.05, 0) is 54.6 Å². The third-order valence-corrected chi connectivity index (χ3v) is 6.27. The Kier molecular flexibility index (Phi) is 5.02. The predicted octanol–water partition coefficient (Wildman–Crippen LogP) is 4.81. The van der Waals surface area contributed by atoms with Crippen molar-refractivity contribution in [3.63, 3.8) is 0 Å². The van der Waals surface area contributed by atoms with Gasteiger partial charge in [-0.2, -0.15) is 0 Å². The number of anilines is 4. The van der Waals surface area contributed by atoms with Gasteiger partial charge in [0, 0.05) is 31.2 Å². The van der Waals surface area contributed by atoms with Gasteiger partial charge in [0.1, 0.15) is 0 Å². The van der Waals surface area contributed by atoms with E-state index in [9.17, 15) is 14.4 Å². The largest absolute Gasteiger partial charge is 0.378 e. The Morgan fingerprint density at radius 3 is 2.12 bits per heavy atom. The van der Waals surface area contributed by atoms with Crippen molar-refractivity contribution in [2.24, 2.45) is 0 Å². The molecule has 8 nitrogen and oxygen atoms in total. The quantitative estimate of drug-likeness (QED) is 0.429. The van der Waals surface area contributed by atoms with Crippen molar-refractivity contribution in [3.05, 3.63) is 77.9 Å². The van der Waals surface area contributed by atoms with Crippen LogP contribution in [0.3, 0.4) is 0 Å². The van der Waals surface area contributed by atoms with E-state index in [2.05, 4.69) is 15.6 Å². The summed E-state index contributed by atoms with van der Waals surface area (Å²) in [5.74, 6) is -0.764. The first-order valence-electron chi connectivity index (χ1n) is 10.1. The minimum atomic E-state index is -0.382. The fourth-order valence-corrected chi connectivity index (χ4v) is 4.59. The molecule has 4 amide bonds. The second kappa shape index (κ2) is 8.03. The normalized spacial score (nSPS) is 12.7. The van der Waals surface area contributed by atoms with E-state index >= 15 is 0 Å². The number of aromatic nitrogens is 1. The number of thiazole rings is 1. The molecule has 0 spiro atoms. The van der Waals surface area contributed by atoms with E-state index in [0.717, 1.165) is 15.3 Å². The summed E-state index contributed by atoms with van der Waals surface area (Å²) in [6.45, 7) is 0. The number of benzene rings is 3. The number of fused-ring (bicyclic) bond motifs is 2. The van der Waals surface area contributed by atoms with Crippen LogP contribution in [-0.4, -0.2) is 36.9 Å². The zero-order valence-corrected chi connectivity index (χ0v) is 18.6. The molecule has 9 heteroatoms. The minimum Gasteiger partial charge on any atom is -0.378 e. The SMILES string of the molecule is CN(C)c1ccc(NC(=O)Nc2ccc3nc(N4C(=O)c5ccccc5C4=O)sc3c2)cc1. The highest BCUT2D eigenvalue weighted by Gasteiger charge is 2.38. The molecule has 1 aliphatic heterocycles. The molecule has 4 aromatic rings. The van der Waals surface area contributed by atoms with E-state index in [4.69, 9.17) is 0 Å². The molecule has 3 aromatic carbocycles. The van der Waals surface area contributed by atoms with Crippen molar-refractivity contribution in [3.8, 4) is 0 Å². The second-order valence-electron chi connectivity index (χ2n) is 7.69. The number of imide groups is 1. The standard InChI is InChI=1S/C24H19N5O3S/c1-28(2)16-10-7-14(8-11-16)25-23(32)26-15-9-12-19-20(13-15)33-24(27-19)29-21(30)17-5-3-4-6-18(17)22(29)31/h3-13H,1-2H3,(H2,25,26,32). The van der Waals surface area contributed by atoms with E-state index in [1.807, 2.05) is 43.3 Å². The number of rotatable bonds is 4. The van der Waals surface area contributed by atoms with Crippen LogP contribution in [0.5, 0.6) is 0 Å². The maximum Gasteiger partial charge on any atom is 0.323 e. The topological polar surface area (TPSA) is 94.6 Å². The molecule has 1 aliphatic rings. The molecular weight excluding hydrogens is 438 g/mol. The van der Waals surface area contributed by atoms with Crippen molar-refractivity contribution in [1.29, 1.82) is 0 Å². The minimum absolute atomic E-state index is 0.304. The van der Waals surface area contributed by atoms with Crippen LogP contribution in [-0.2, 0) is 0 Å². The third-order valence-electron chi connectivity index (χ3n) is 5.26. The van der Waals surface area contributed by atoms with Gasteiger partial charge in [0.05, 0.1) is 21.3 Å². The summed E-state index contributed by atoms with van der Waals surface area (Å²) in [7, 11) is 3.90. The molecule has 0 fully saturated rings. The lowest BCUT2D eigenvalue weighted by molar-refractivity contribution is 0.0926. The maximum absolute atomic E-state index is 12.7. The Morgan fingerprint density at radius 1 is 0.879 bits per heavy atom. The fraction of sp³-hybridized carbons (Fsp3) is 0.0833. The van der Waals surface area contributed by atoms with Crippen LogP contribution < -0.4 is 20.4 Å². The van der Waals surface area contributed by atoms with E-state index in [-0.39, 0.29) is 17.8 Å². The van der Waals surface area contributed by atoms with Crippen LogP contribution in [0.4, 0.5) is 27.0 Å². The maximum atomic E-state index is 12.7. The molecule has 164 valence electrons. The molecule has 1 aromatic heterocycles. The number of carbonyl (C=O) groups excluding carboxylic acids is 3. The summed E-state index contributed by atoms with van der Waals surface area (Å²) in [5, 5.41) is 5.90. The number of nitrogens with one attached hydrogen (secondary N) is 2. The highest BCUT2D eigenvalue weighted by Crippen LogP contribution is 2.35. The van der Waals surface area contributed by atoms with Gasteiger partial charge in [-0.15, -0.1) is 0 Å². The lowest BCUT2D eigenvalue weighted by Crippen LogP contribution is -2.29. The molecule has 0 saturated carbocycles. The Labute approximate surface area is 193 Å². The smallest absolute Gasteiger partial charge is 0.323 e. The Balaban J connectivity index is 1.33. The van der Waals surface area contributed by atoms with Gasteiger partial charge in [0.2, 0.25) is 5.13 Å². The summed E-state index contributed by atoms with van der Waals surface area (Å²) < 4.78 is 0.745. The van der Waals surface area contributed by atoms with E-state index in [0.29, 0.717) is 33.1 Å². The number of hydrogen-bond donors (Lipinski definition) is 2. The molecule has 0 unspecified atom stereocenters. The van der Waals surface area contributed by atoms with Crippen LogP contribution in [0.1, 0.15) is 20.7 Å². The van der Waals surface area contributed by atoms with Crippen molar-refractivity contribution < 1.29 is 14.4 Å². The monoisotopic (exact) mass is 457 g/mol. The zero-order valence-electron chi connectivity index (χ0n) is 17.8. The summed E-state index contributed by atoms with van der Waals surface area (Å²) >= 11 is 1.22. The molecule has 0 atom stereocenters. The Morgan fingerprint density at radius 2 is 1.48 bits per heavy atom. The van der Waals surface area contributed by atoms with Crippen molar-refractivity contribution in [2.45, 2.75) is 0 Å². The van der Waals surface area contributed by atoms with Crippen LogP contribution in [0.15, 0.2) is 66.7 Å². The van der Waals surface area contributed by atoms with Gasteiger partial charge in [-0.3, -0.25) is 9.59 Å². The first-order chi connectivity index (χ1) is 15.9. The van der Waals surface area contributed by atoms with Gasteiger partial charge in [-0.1, -0.05) is 23.5 Å². The Bertz CT molecular complexity index is 1380. The van der Waals surface area contributed by atoms with Crippen LogP contribution >= 0.6 is 11.3 Å². The van der Waals surface area contributed by atoms with Crippen molar-refractivity contribution in [1.82, 2.24) is 4.98 Å². The number of hydrogen-bond acceptors (Lipinski definition) is 6. The van der Waals surface area contributed by atoms with Crippen molar-refractivity contribution >= 4 is 61.6 Å². The van der Waals surface area contributed by atoms with Gasteiger partial charge in [0.25, 0.3) is 11.8 Å². The predicted molar refractivity (Wildman–Crippen MR) is 131 cm³/mol. The fourth-order valence-electron chi connectivity index (χ4n) is 3.59. The van der Waals surface area contributed by atoms with Gasteiger partial charge in [-0.25, -0.2) is 14.7 Å². The molecule has 33 heavy (non-hydrogen) atoms. The second-order valence-corrected chi connectivity index (χ2v) is 8.70. The summed E-state index contributed by atoms with van der Waals surface area (Å²) in [6, 6.07) is 19.1. The number of urea groups is 1. The molecule has 5 rings (SSSR count). The molecule has 0 saturated heterocycles. The van der Waals surface area contributed by atoms with Crippen molar-refractivity contribution in [2.75, 3.05) is 34.5 Å². The molecule has 0 aliphatic carbocycles. The van der Waals surface area contributed by atoms with Crippen LogP contribution in [0, 0.1) is 0 Å². The lowest BCUT2D eigenvalue weighted by Gasteiger charge is -2.13. The van der Waals surface area contributed by atoms with Crippen LogP contribution in [0.2, 0.25) is 0 Å². The number of carbonyl (C=O) groups is 3. The van der Waals surface area contributed by atoms with E-state index < -0.39 is 0 Å².